The minimum atomic E-state index is -1.66. The molecule has 0 aromatic carbocycles. The molecule has 0 aromatic heterocycles. The van der Waals surface area contributed by atoms with Gasteiger partial charge in [-0.05, 0) is 38.5 Å². The smallest absolute Gasteiger partial charge is 0.332 e. The van der Waals surface area contributed by atoms with E-state index in [9.17, 15) is 44.1 Å². The maximum atomic E-state index is 13.7. The lowest BCUT2D eigenvalue weighted by Crippen LogP contribution is -2.59. The van der Waals surface area contributed by atoms with Gasteiger partial charge in [0.1, 0.15) is 0 Å². The van der Waals surface area contributed by atoms with Crippen molar-refractivity contribution >= 4 is 35.6 Å². The molecule has 0 radical (unpaired) electrons. The Hall–Kier alpha value is -3.30. The Balaban J connectivity index is 3.93. The van der Waals surface area contributed by atoms with Gasteiger partial charge in [0.15, 0.2) is 36.4 Å². The van der Waals surface area contributed by atoms with E-state index in [0.717, 1.165) is 14.7 Å². The van der Waals surface area contributed by atoms with Gasteiger partial charge in [-0.25, -0.2) is 14.4 Å². The molecule has 0 spiro atoms. The third kappa shape index (κ3) is 9.36. The van der Waals surface area contributed by atoms with Crippen LogP contribution in [0.2, 0.25) is 0 Å². The van der Waals surface area contributed by atoms with E-state index in [1.807, 2.05) is 0 Å². The largest absolute Gasteiger partial charge is 0.450 e. The first kappa shape index (κ1) is 39.7. The van der Waals surface area contributed by atoms with E-state index in [-0.39, 0.29) is 0 Å². The average Bonchev–Trinajstić information content (AvgIpc) is 2.90. The highest BCUT2D eigenvalue weighted by Crippen LogP contribution is 2.22. The van der Waals surface area contributed by atoms with E-state index in [2.05, 4.69) is 0 Å². The molecule has 9 atom stereocenters. The summed E-state index contributed by atoms with van der Waals surface area (Å²) in [4.78, 5) is 83.9. The number of cyclic esters (lactones) is 3. The number of aliphatic hydroxyl groups excluding tert-OH is 3. The van der Waals surface area contributed by atoms with Crippen LogP contribution in [0.3, 0.4) is 0 Å². The molecule has 0 saturated carbocycles. The zero-order valence-corrected chi connectivity index (χ0v) is 28.3. The van der Waals surface area contributed by atoms with Crippen molar-refractivity contribution in [1.29, 1.82) is 0 Å². The van der Waals surface area contributed by atoms with E-state index in [1.165, 1.54) is 41.9 Å². The van der Waals surface area contributed by atoms with Crippen LogP contribution < -0.4 is 0 Å². The van der Waals surface area contributed by atoms with Crippen molar-refractivity contribution in [2.45, 2.75) is 117 Å². The molecule has 3 N–H and O–H groups in total. The second-order valence-corrected chi connectivity index (χ2v) is 12.7. The van der Waals surface area contributed by atoms with Crippen LogP contribution in [0.5, 0.6) is 0 Å². The highest BCUT2D eigenvalue weighted by atomic mass is 16.6. The fraction of sp³-hybridized carbons (Fsp3) is 0.800. The lowest BCUT2D eigenvalue weighted by atomic mass is 10.0. The highest BCUT2D eigenvalue weighted by molar-refractivity contribution is 5.94. The number of ether oxygens (including phenoxy) is 3. The molecule has 1 aliphatic rings. The predicted octanol–water partition coefficient (Wildman–Crippen LogP) is -0.673. The zero-order chi connectivity index (χ0) is 35.2. The second-order valence-electron chi connectivity index (χ2n) is 12.7. The van der Waals surface area contributed by atoms with Crippen LogP contribution in [0.4, 0.5) is 0 Å². The van der Waals surface area contributed by atoms with Gasteiger partial charge >= 0.3 is 17.9 Å². The number of amides is 3. The van der Waals surface area contributed by atoms with E-state index < -0.39 is 108 Å². The van der Waals surface area contributed by atoms with Crippen LogP contribution in [0, 0.1) is 17.8 Å². The topological polar surface area (TPSA) is 201 Å². The Morgan fingerprint density at radius 3 is 0.778 bits per heavy atom. The Labute approximate surface area is 264 Å². The molecule has 1 aliphatic heterocycles. The lowest BCUT2D eigenvalue weighted by Gasteiger charge is -2.38. The number of hydrogen-bond donors (Lipinski definition) is 3. The van der Waals surface area contributed by atoms with E-state index in [1.54, 1.807) is 41.5 Å². The molecule has 45 heavy (non-hydrogen) atoms. The molecular weight excluding hydrogens is 600 g/mol. The molecule has 15 heteroatoms. The number of esters is 3. The number of rotatable bonds is 6. The van der Waals surface area contributed by atoms with Crippen LogP contribution in [-0.4, -0.2) is 142 Å². The van der Waals surface area contributed by atoms with E-state index >= 15 is 0 Å². The molecule has 1 fully saturated rings. The van der Waals surface area contributed by atoms with Crippen molar-refractivity contribution in [1.82, 2.24) is 14.7 Å². The summed E-state index contributed by atoms with van der Waals surface area (Å²) in [6.07, 6.45) is -9.12. The fourth-order valence-corrected chi connectivity index (χ4v) is 5.05. The molecule has 15 nitrogen and oxygen atoms in total. The second kappa shape index (κ2) is 16.3. The van der Waals surface area contributed by atoms with Gasteiger partial charge in [-0.1, -0.05) is 41.5 Å². The van der Waals surface area contributed by atoms with Gasteiger partial charge in [0.05, 0.1) is 18.3 Å². The van der Waals surface area contributed by atoms with Crippen LogP contribution in [0.25, 0.3) is 0 Å². The monoisotopic (exact) mass is 651 g/mol. The summed E-state index contributed by atoms with van der Waals surface area (Å²) >= 11 is 0. The molecule has 0 aliphatic carbocycles. The minimum Gasteiger partial charge on any atom is -0.450 e. The average molecular weight is 652 g/mol. The Morgan fingerprint density at radius 2 is 0.644 bits per heavy atom. The van der Waals surface area contributed by atoms with Gasteiger partial charge in [-0.2, -0.15) is 0 Å². The number of carbonyl (C=O) groups excluding carboxylic acids is 6. The van der Waals surface area contributed by atoms with Gasteiger partial charge in [-0.3, -0.25) is 14.4 Å². The number of carbonyl (C=O) groups is 6. The molecule has 1 saturated heterocycles. The normalized spacial score (nSPS) is 29.3. The Kier molecular flexibility index (Phi) is 14.4. The third-order valence-electron chi connectivity index (χ3n) is 7.67. The van der Waals surface area contributed by atoms with Crippen LogP contribution in [0.1, 0.15) is 62.3 Å². The van der Waals surface area contributed by atoms with Crippen LogP contribution in [-0.2, 0) is 43.0 Å². The number of nitrogens with zero attached hydrogens (tertiary/aromatic N) is 3. The van der Waals surface area contributed by atoms with Crippen molar-refractivity contribution in [3.8, 4) is 0 Å². The molecule has 0 unspecified atom stereocenters. The standard InChI is InChI=1S/C30H51N3O12/c1-13(2)22-25(37)31(10)20(17(8)35)29(41)44-24(15(5)6)27(39)33(12)21(18(9)36)30(42)45-23(14(3)4)26(38)32(11)19(16(7)34)28(40)43-22/h13-24,34-36H,1-12H3/t16-,17-,18-,19+,20+,21+,22-,23-,24-/m1/s1/i10+2,11+2,12+2. The van der Waals surface area contributed by atoms with Gasteiger partial charge < -0.3 is 44.2 Å². The van der Waals surface area contributed by atoms with Crippen LogP contribution in [0.15, 0.2) is 0 Å². The quantitative estimate of drug-likeness (QED) is 0.242. The molecule has 1 heterocycles. The molecule has 1 rings (SSSR count). The highest BCUT2D eigenvalue weighted by Gasteiger charge is 2.46. The number of aliphatic hydroxyl groups is 3. The van der Waals surface area contributed by atoms with Crippen molar-refractivity contribution < 1.29 is 58.3 Å². The van der Waals surface area contributed by atoms with Crippen LogP contribution >= 0.6 is 0 Å². The fourth-order valence-electron chi connectivity index (χ4n) is 5.05. The van der Waals surface area contributed by atoms with Gasteiger partial charge in [-0.15, -0.1) is 0 Å². The lowest BCUT2D eigenvalue weighted by molar-refractivity contribution is -0.184. The molecule has 3 amide bonds. The summed E-state index contributed by atoms with van der Waals surface area (Å²) in [6.45, 7) is 13.1. The van der Waals surface area contributed by atoms with Crippen molar-refractivity contribution in [3.05, 3.63) is 0 Å². The molecule has 0 aromatic rings. The van der Waals surface area contributed by atoms with E-state index in [0.29, 0.717) is 0 Å². The summed E-state index contributed by atoms with van der Waals surface area (Å²) in [5.74, 6) is -8.16. The summed E-state index contributed by atoms with van der Waals surface area (Å²) in [5.41, 5.74) is 0. The molecule has 258 valence electrons. The van der Waals surface area contributed by atoms with Crippen molar-refractivity contribution in [2.24, 2.45) is 17.8 Å². The summed E-state index contributed by atoms with van der Waals surface area (Å²) in [7, 11) is 3.57. The minimum absolute atomic E-state index is 0.670. The zero-order valence-electron chi connectivity index (χ0n) is 28.3. The first-order valence-electron chi connectivity index (χ1n) is 15.0. The van der Waals surface area contributed by atoms with Gasteiger partial charge in [0.25, 0.3) is 17.7 Å². The summed E-state index contributed by atoms with van der Waals surface area (Å²) in [5, 5.41) is 31.6. The number of likely N-dealkylation sites (N-methyl/N-ethyl adjacent to an activating group) is 3. The van der Waals surface area contributed by atoms with Gasteiger partial charge in [0.2, 0.25) is 0 Å². The first-order valence-corrected chi connectivity index (χ1v) is 15.0. The SMILES string of the molecule is CC(C)[C@H]1OC(=O)[C@H]([C@@H](C)O)N([14CH3])C(=O)[C@@H](C(C)C)OC(=O)[C@H]([C@@H](C)O)N([14CH3])C(=O)[C@@H](C(C)C)OC(=O)[C@H]([C@@H](C)O)N([14CH3])C1=O. The first-order chi connectivity index (χ1) is 20.6. The third-order valence-corrected chi connectivity index (χ3v) is 7.67. The number of hydrogen-bond acceptors (Lipinski definition) is 12. The van der Waals surface area contributed by atoms with Crippen molar-refractivity contribution in [2.75, 3.05) is 21.1 Å². The summed E-state index contributed by atoms with van der Waals surface area (Å²) < 4.78 is 16.6. The molecule has 0 bridgehead atoms. The summed E-state index contributed by atoms with van der Waals surface area (Å²) in [6, 6.07) is -4.97. The Morgan fingerprint density at radius 1 is 0.467 bits per heavy atom. The molecular formula is C30H51N3O12. The van der Waals surface area contributed by atoms with Crippen molar-refractivity contribution in [3.63, 3.8) is 0 Å². The maximum Gasteiger partial charge on any atom is 0.332 e. The maximum absolute atomic E-state index is 13.7. The predicted molar refractivity (Wildman–Crippen MR) is 159 cm³/mol. The Bertz CT molecular complexity index is 957. The van der Waals surface area contributed by atoms with E-state index in [4.69, 9.17) is 14.2 Å². The van der Waals surface area contributed by atoms with Gasteiger partial charge in [0, 0.05) is 21.1 Å².